The zero-order valence-electron chi connectivity index (χ0n) is 14.3. The molecule has 0 aliphatic carbocycles. The quantitative estimate of drug-likeness (QED) is 0.775. The van der Waals surface area contributed by atoms with Gasteiger partial charge >= 0.3 is 6.61 Å². The van der Waals surface area contributed by atoms with Crippen LogP contribution in [0.2, 0.25) is 5.02 Å². The van der Waals surface area contributed by atoms with Crippen molar-refractivity contribution in [3.05, 3.63) is 52.5 Å². The summed E-state index contributed by atoms with van der Waals surface area (Å²) in [7, 11) is 0. The highest BCUT2D eigenvalue weighted by atomic mass is 35.5. The molecule has 2 aromatic carbocycles. The molecule has 0 fully saturated rings. The Morgan fingerprint density at radius 3 is 2.63 bits per heavy atom. The molecule has 5 nitrogen and oxygen atoms in total. The van der Waals surface area contributed by atoms with Gasteiger partial charge in [0, 0.05) is 6.54 Å². The number of ether oxygens (including phenoxy) is 3. The van der Waals surface area contributed by atoms with Crippen LogP contribution in [0.1, 0.15) is 11.1 Å². The van der Waals surface area contributed by atoms with Crippen molar-refractivity contribution >= 4 is 17.5 Å². The van der Waals surface area contributed by atoms with Crippen molar-refractivity contribution in [3.63, 3.8) is 0 Å². The third-order valence-corrected chi connectivity index (χ3v) is 4.19. The van der Waals surface area contributed by atoms with E-state index in [4.69, 9.17) is 21.1 Å². The van der Waals surface area contributed by atoms with Gasteiger partial charge in [-0.05, 0) is 41.8 Å². The van der Waals surface area contributed by atoms with Crippen molar-refractivity contribution in [2.75, 3.05) is 19.8 Å². The Kier molecular flexibility index (Phi) is 6.34. The average Bonchev–Trinajstić information content (AvgIpc) is 2.63. The fourth-order valence-corrected chi connectivity index (χ4v) is 2.98. The van der Waals surface area contributed by atoms with Gasteiger partial charge in [-0.25, -0.2) is 0 Å². The minimum absolute atomic E-state index is 0.0599. The molecule has 1 amide bonds. The SMILES string of the molecule is O=C(Cc1ccc(OC(F)F)cc1)NCCc1cc(Cl)c2c(c1)OCCO2. The third-order valence-electron chi connectivity index (χ3n) is 3.91. The van der Waals surface area contributed by atoms with Crippen molar-refractivity contribution in [1.82, 2.24) is 5.32 Å². The zero-order chi connectivity index (χ0) is 19.2. The van der Waals surface area contributed by atoms with Crippen molar-refractivity contribution in [2.24, 2.45) is 0 Å². The van der Waals surface area contributed by atoms with Gasteiger partial charge in [0.25, 0.3) is 0 Å². The zero-order valence-corrected chi connectivity index (χ0v) is 15.1. The number of carbonyl (C=O) groups is 1. The van der Waals surface area contributed by atoms with Crippen molar-refractivity contribution in [3.8, 4) is 17.2 Å². The van der Waals surface area contributed by atoms with Crippen LogP contribution in [0.5, 0.6) is 17.2 Å². The summed E-state index contributed by atoms with van der Waals surface area (Å²) >= 11 is 6.19. The van der Waals surface area contributed by atoms with Crippen LogP contribution in [0.4, 0.5) is 8.78 Å². The molecule has 0 saturated carbocycles. The molecule has 1 heterocycles. The Morgan fingerprint density at radius 2 is 1.89 bits per heavy atom. The van der Waals surface area contributed by atoms with Gasteiger partial charge in [0.05, 0.1) is 11.4 Å². The minimum Gasteiger partial charge on any atom is -0.486 e. The number of amides is 1. The number of halogens is 3. The van der Waals surface area contributed by atoms with E-state index in [1.807, 2.05) is 6.07 Å². The molecule has 0 aromatic heterocycles. The number of alkyl halides is 2. The molecule has 1 aliphatic rings. The number of fused-ring (bicyclic) bond motifs is 1. The maximum atomic E-state index is 12.1. The molecule has 2 aromatic rings. The molecule has 0 saturated heterocycles. The lowest BCUT2D eigenvalue weighted by Gasteiger charge is -2.20. The molecular formula is C19H18ClF2NO4. The van der Waals surface area contributed by atoms with Crippen LogP contribution in [0.3, 0.4) is 0 Å². The largest absolute Gasteiger partial charge is 0.486 e. The summed E-state index contributed by atoms with van der Waals surface area (Å²) in [6, 6.07) is 9.63. The van der Waals surface area contributed by atoms with Crippen molar-refractivity contribution < 1.29 is 27.8 Å². The van der Waals surface area contributed by atoms with Gasteiger partial charge in [0.1, 0.15) is 19.0 Å². The van der Waals surface area contributed by atoms with E-state index in [2.05, 4.69) is 10.1 Å². The Bertz CT molecular complexity index is 799. The molecule has 3 rings (SSSR count). The summed E-state index contributed by atoms with van der Waals surface area (Å²) in [6.07, 6.45) is 0.736. The predicted octanol–water partition coefficient (Wildman–Crippen LogP) is 3.61. The van der Waals surface area contributed by atoms with Crippen molar-refractivity contribution in [2.45, 2.75) is 19.5 Å². The molecule has 0 atom stereocenters. The van der Waals surface area contributed by atoms with E-state index in [1.54, 1.807) is 18.2 Å². The normalized spacial score (nSPS) is 12.7. The van der Waals surface area contributed by atoms with Gasteiger partial charge < -0.3 is 19.5 Å². The molecule has 1 aliphatic heterocycles. The molecule has 27 heavy (non-hydrogen) atoms. The van der Waals surface area contributed by atoms with E-state index in [0.29, 0.717) is 48.3 Å². The smallest absolute Gasteiger partial charge is 0.387 e. The van der Waals surface area contributed by atoms with E-state index in [0.717, 1.165) is 5.56 Å². The number of carbonyl (C=O) groups excluding carboxylic acids is 1. The second-order valence-corrected chi connectivity index (χ2v) is 6.31. The first-order chi connectivity index (χ1) is 13.0. The van der Waals surface area contributed by atoms with Gasteiger partial charge in [0.2, 0.25) is 5.91 Å². The molecule has 8 heteroatoms. The van der Waals surface area contributed by atoms with Crippen LogP contribution in [-0.2, 0) is 17.6 Å². The third kappa shape index (κ3) is 5.47. The maximum Gasteiger partial charge on any atom is 0.387 e. The van der Waals surface area contributed by atoms with Crippen LogP contribution in [0, 0.1) is 0 Å². The summed E-state index contributed by atoms with van der Waals surface area (Å²) in [6.45, 7) is -1.49. The lowest BCUT2D eigenvalue weighted by Crippen LogP contribution is -2.27. The topological polar surface area (TPSA) is 56.8 Å². The standard InChI is InChI=1S/C19H18ClF2NO4/c20-15-9-13(10-16-18(15)26-8-7-25-16)5-6-23-17(24)11-12-1-3-14(4-2-12)27-19(21)22/h1-4,9-10,19H,5-8,11H2,(H,23,24). The minimum atomic E-state index is -2.87. The van der Waals surface area contributed by atoms with E-state index >= 15 is 0 Å². The van der Waals surface area contributed by atoms with Crippen LogP contribution in [0.25, 0.3) is 0 Å². The Morgan fingerprint density at radius 1 is 1.15 bits per heavy atom. The summed E-state index contributed by atoms with van der Waals surface area (Å²) in [5.41, 5.74) is 1.63. The van der Waals surface area contributed by atoms with Crippen molar-refractivity contribution in [1.29, 1.82) is 0 Å². The van der Waals surface area contributed by atoms with Crippen LogP contribution < -0.4 is 19.5 Å². The molecule has 0 unspecified atom stereocenters. The second-order valence-electron chi connectivity index (χ2n) is 5.90. The Hall–Kier alpha value is -2.54. The highest BCUT2D eigenvalue weighted by Gasteiger charge is 2.16. The number of nitrogens with one attached hydrogen (secondary N) is 1. The first kappa shape index (κ1) is 19.2. The monoisotopic (exact) mass is 397 g/mol. The van der Waals surface area contributed by atoms with Gasteiger partial charge in [0.15, 0.2) is 11.5 Å². The number of hydrogen-bond acceptors (Lipinski definition) is 4. The lowest BCUT2D eigenvalue weighted by molar-refractivity contribution is -0.120. The lowest BCUT2D eigenvalue weighted by atomic mass is 10.1. The molecule has 0 bridgehead atoms. The fraction of sp³-hybridized carbons (Fsp3) is 0.316. The van der Waals surface area contributed by atoms with Crippen LogP contribution in [-0.4, -0.2) is 32.3 Å². The van der Waals surface area contributed by atoms with Gasteiger partial charge in [-0.15, -0.1) is 0 Å². The van der Waals surface area contributed by atoms with Crippen LogP contribution >= 0.6 is 11.6 Å². The van der Waals surface area contributed by atoms with E-state index < -0.39 is 6.61 Å². The van der Waals surface area contributed by atoms with Gasteiger partial charge in [-0.2, -0.15) is 8.78 Å². The molecule has 144 valence electrons. The highest BCUT2D eigenvalue weighted by Crippen LogP contribution is 2.38. The second kappa shape index (κ2) is 8.90. The van der Waals surface area contributed by atoms with E-state index in [1.165, 1.54) is 12.1 Å². The average molecular weight is 398 g/mol. The van der Waals surface area contributed by atoms with Gasteiger partial charge in [-0.3, -0.25) is 4.79 Å². The van der Waals surface area contributed by atoms with E-state index in [-0.39, 0.29) is 18.1 Å². The van der Waals surface area contributed by atoms with Gasteiger partial charge in [-0.1, -0.05) is 23.7 Å². The summed E-state index contributed by atoms with van der Waals surface area (Å²) < 4.78 is 39.5. The Labute approximate surface area is 160 Å². The molecule has 0 spiro atoms. The summed E-state index contributed by atoms with van der Waals surface area (Å²) in [5, 5.41) is 3.31. The van der Waals surface area contributed by atoms with E-state index in [9.17, 15) is 13.6 Å². The number of hydrogen-bond donors (Lipinski definition) is 1. The highest BCUT2D eigenvalue weighted by molar-refractivity contribution is 6.32. The summed E-state index contributed by atoms with van der Waals surface area (Å²) in [4.78, 5) is 12.0. The van der Waals surface area contributed by atoms with Crippen LogP contribution in [0.15, 0.2) is 36.4 Å². The number of benzene rings is 2. The number of rotatable bonds is 7. The summed E-state index contributed by atoms with van der Waals surface area (Å²) in [5.74, 6) is 1.06. The first-order valence-corrected chi connectivity index (χ1v) is 8.77. The predicted molar refractivity (Wildman–Crippen MR) is 95.9 cm³/mol. The molecule has 0 radical (unpaired) electrons. The molecule has 1 N–H and O–H groups in total. The maximum absolute atomic E-state index is 12.1. The Balaban J connectivity index is 1.47. The first-order valence-electron chi connectivity index (χ1n) is 8.40. The fourth-order valence-electron chi connectivity index (χ4n) is 2.69. The molecular weight excluding hydrogens is 380 g/mol.